The molecule has 3 heterocycles. The third-order valence-electron chi connectivity index (χ3n) is 7.24. The Balaban J connectivity index is 1.52. The van der Waals surface area contributed by atoms with Crippen LogP contribution in [0.2, 0.25) is 0 Å². The number of para-hydroxylation sites is 1. The highest BCUT2D eigenvalue weighted by atomic mass is 16.2. The van der Waals surface area contributed by atoms with Crippen LogP contribution in [-0.2, 0) is 11.3 Å². The van der Waals surface area contributed by atoms with Gasteiger partial charge in [0.2, 0.25) is 5.91 Å². The third-order valence-corrected chi connectivity index (χ3v) is 7.24. The van der Waals surface area contributed by atoms with Crippen molar-refractivity contribution in [3.8, 4) is 0 Å². The lowest BCUT2D eigenvalue weighted by molar-refractivity contribution is -0.134. The van der Waals surface area contributed by atoms with Gasteiger partial charge in [0.05, 0.1) is 0 Å². The quantitative estimate of drug-likeness (QED) is 0.851. The standard InChI is InChI=1S/C23H36N4O/c1-25-13-10-18(11-14-25)15-23(28)27-16-19-5-3-4-6-22(19)24-12-9-20-7-8-21(17-27)26(20)2/h3-6,18,20-21,24H,7-17H2,1-2H3/t20-,21+/m0/s1. The van der Waals surface area contributed by atoms with Crippen molar-refractivity contribution in [2.24, 2.45) is 5.92 Å². The monoisotopic (exact) mass is 384 g/mol. The number of rotatable bonds is 2. The van der Waals surface area contributed by atoms with Gasteiger partial charge >= 0.3 is 0 Å². The van der Waals surface area contributed by atoms with Gasteiger partial charge in [0, 0.05) is 43.8 Å². The maximum Gasteiger partial charge on any atom is 0.223 e. The van der Waals surface area contributed by atoms with Crippen molar-refractivity contribution in [1.82, 2.24) is 14.7 Å². The Bertz CT molecular complexity index is 670. The Labute approximate surface area is 170 Å². The molecule has 0 radical (unpaired) electrons. The topological polar surface area (TPSA) is 38.8 Å². The summed E-state index contributed by atoms with van der Waals surface area (Å²) in [6.45, 7) is 4.84. The van der Waals surface area contributed by atoms with Crippen molar-refractivity contribution in [1.29, 1.82) is 0 Å². The molecule has 2 fully saturated rings. The molecular formula is C23H36N4O. The molecule has 3 aliphatic heterocycles. The van der Waals surface area contributed by atoms with Crippen LogP contribution < -0.4 is 5.32 Å². The van der Waals surface area contributed by atoms with Gasteiger partial charge in [0.25, 0.3) is 0 Å². The number of amides is 1. The molecule has 154 valence electrons. The van der Waals surface area contributed by atoms with E-state index in [1.165, 1.54) is 30.5 Å². The number of nitrogens with zero attached hydrogens (tertiary/aromatic N) is 3. The largest absolute Gasteiger partial charge is 0.385 e. The lowest BCUT2D eigenvalue weighted by atomic mass is 9.93. The minimum Gasteiger partial charge on any atom is -0.385 e. The Kier molecular flexibility index (Phi) is 6.22. The Morgan fingerprint density at radius 1 is 1.04 bits per heavy atom. The third kappa shape index (κ3) is 4.52. The van der Waals surface area contributed by atoms with Gasteiger partial charge in [-0.1, -0.05) is 18.2 Å². The zero-order valence-electron chi connectivity index (χ0n) is 17.6. The smallest absolute Gasteiger partial charge is 0.223 e. The van der Waals surface area contributed by atoms with E-state index in [4.69, 9.17) is 0 Å². The SMILES string of the molecule is CN1CCC(CC(=O)N2Cc3ccccc3NCC[C@@H]3CC[C@H](C2)N3C)CC1. The first kappa shape index (κ1) is 19.7. The molecule has 0 spiro atoms. The summed E-state index contributed by atoms with van der Waals surface area (Å²) in [5, 5.41) is 3.64. The van der Waals surface area contributed by atoms with Crippen molar-refractivity contribution in [3.05, 3.63) is 29.8 Å². The summed E-state index contributed by atoms with van der Waals surface area (Å²) in [6.07, 6.45) is 6.65. The molecule has 0 aromatic heterocycles. The van der Waals surface area contributed by atoms with Crippen LogP contribution >= 0.6 is 0 Å². The van der Waals surface area contributed by atoms with Crippen molar-refractivity contribution < 1.29 is 4.79 Å². The molecule has 2 saturated heterocycles. The number of anilines is 1. The van der Waals surface area contributed by atoms with Crippen molar-refractivity contribution >= 4 is 11.6 Å². The van der Waals surface area contributed by atoms with E-state index in [1.807, 2.05) is 0 Å². The highest BCUT2D eigenvalue weighted by molar-refractivity contribution is 5.77. The van der Waals surface area contributed by atoms with E-state index in [2.05, 4.69) is 58.4 Å². The van der Waals surface area contributed by atoms with E-state index < -0.39 is 0 Å². The first-order valence-corrected chi connectivity index (χ1v) is 11.1. The normalized spacial score (nSPS) is 27.7. The lowest BCUT2D eigenvalue weighted by Crippen LogP contribution is -2.44. The molecule has 1 N–H and O–H groups in total. The Morgan fingerprint density at radius 3 is 2.61 bits per heavy atom. The predicted molar refractivity (Wildman–Crippen MR) is 114 cm³/mol. The molecule has 1 aromatic rings. The number of carbonyl (C=O) groups excluding carboxylic acids is 1. The summed E-state index contributed by atoms with van der Waals surface area (Å²) in [7, 11) is 4.44. The fourth-order valence-electron chi connectivity index (χ4n) is 5.22. The van der Waals surface area contributed by atoms with E-state index in [1.54, 1.807) is 0 Å². The van der Waals surface area contributed by atoms with Crippen molar-refractivity contribution in [3.63, 3.8) is 0 Å². The average Bonchev–Trinajstić information content (AvgIpc) is 3.02. The molecule has 5 heteroatoms. The van der Waals surface area contributed by atoms with Gasteiger partial charge in [0.15, 0.2) is 0 Å². The number of likely N-dealkylation sites (N-methyl/N-ethyl adjacent to an activating group) is 1. The van der Waals surface area contributed by atoms with Crippen LogP contribution in [0.4, 0.5) is 5.69 Å². The van der Waals surface area contributed by atoms with E-state index >= 15 is 0 Å². The molecule has 28 heavy (non-hydrogen) atoms. The van der Waals surface area contributed by atoms with Crippen LogP contribution in [0.1, 0.15) is 44.1 Å². The van der Waals surface area contributed by atoms with Crippen molar-refractivity contribution in [2.75, 3.05) is 45.6 Å². The summed E-state index contributed by atoms with van der Waals surface area (Å²) in [6, 6.07) is 9.66. The van der Waals surface area contributed by atoms with Crippen LogP contribution in [0.5, 0.6) is 0 Å². The molecule has 0 aliphatic carbocycles. The van der Waals surface area contributed by atoms with Gasteiger partial charge in [-0.2, -0.15) is 0 Å². The van der Waals surface area contributed by atoms with Crippen LogP contribution in [-0.4, -0.2) is 73.0 Å². The summed E-state index contributed by atoms with van der Waals surface area (Å²) in [5.74, 6) is 0.893. The number of hydrogen-bond acceptors (Lipinski definition) is 4. The van der Waals surface area contributed by atoms with Crippen LogP contribution in [0.15, 0.2) is 24.3 Å². The van der Waals surface area contributed by atoms with Crippen LogP contribution in [0.3, 0.4) is 0 Å². The molecular weight excluding hydrogens is 348 g/mol. The van der Waals surface area contributed by atoms with E-state index in [0.717, 1.165) is 45.6 Å². The summed E-state index contributed by atoms with van der Waals surface area (Å²) in [5.41, 5.74) is 2.44. The minimum absolute atomic E-state index is 0.348. The van der Waals surface area contributed by atoms with Gasteiger partial charge in [-0.3, -0.25) is 9.69 Å². The predicted octanol–water partition coefficient (Wildman–Crippen LogP) is 3.03. The first-order chi connectivity index (χ1) is 13.6. The van der Waals surface area contributed by atoms with Gasteiger partial charge < -0.3 is 15.1 Å². The molecule has 3 aliphatic rings. The molecule has 1 aromatic carbocycles. The first-order valence-electron chi connectivity index (χ1n) is 11.1. The number of benzene rings is 1. The zero-order valence-corrected chi connectivity index (χ0v) is 17.6. The average molecular weight is 385 g/mol. The highest BCUT2D eigenvalue weighted by Crippen LogP contribution is 2.29. The number of nitrogens with one attached hydrogen (secondary N) is 1. The van der Waals surface area contributed by atoms with Gasteiger partial charge in [-0.25, -0.2) is 0 Å². The van der Waals surface area contributed by atoms with E-state index in [0.29, 0.717) is 30.3 Å². The number of carbonyl (C=O) groups is 1. The Hall–Kier alpha value is -1.59. The maximum absolute atomic E-state index is 13.4. The fraction of sp³-hybridized carbons (Fsp3) is 0.696. The second-order valence-electron chi connectivity index (χ2n) is 9.15. The second kappa shape index (κ2) is 8.83. The molecule has 0 saturated carbocycles. The van der Waals surface area contributed by atoms with Gasteiger partial charge in [-0.05, 0) is 76.8 Å². The fourth-order valence-corrected chi connectivity index (χ4v) is 5.22. The number of hydrogen-bond donors (Lipinski definition) is 1. The highest BCUT2D eigenvalue weighted by Gasteiger charge is 2.33. The molecule has 5 nitrogen and oxygen atoms in total. The molecule has 0 unspecified atom stereocenters. The maximum atomic E-state index is 13.4. The van der Waals surface area contributed by atoms with E-state index in [9.17, 15) is 4.79 Å². The number of fused-ring (bicyclic) bond motifs is 3. The van der Waals surface area contributed by atoms with Crippen LogP contribution in [0, 0.1) is 5.92 Å². The summed E-state index contributed by atoms with van der Waals surface area (Å²) in [4.78, 5) is 20.4. The number of likely N-dealkylation sites (tertiary alicyclic amines) is 1. The van der Waals surface area contributed by atoms with Crippen molar-refractivity contribution in [2.45, 2.75) is 57.2 Å². The molecule has 1 amide bonds. The van der Waals surface area contributed by atoms with Gasteiger partial charge in [0.1, 0.15) is 0 Å². The van der Waals surface area contributed by atoms with E-state index in [-0.39, 0.29) is 0 Å². The molecule has 2 atom stereocenters. The lowest BCUT2D eigenvalue weighted by Gasteiger charge is -2.33. The molecule has 4 rings (SSSR count). The summed E-state index contributed by atoms with van der Waals surface area (Å²) >= 11 is 0. The second-order valence-corrected chi connectivity index (χ2v) is 9.15. The summed E-state index contributed by atoms with van der Waals surface area (Å²) < 4.78 is 0. The van der Waals surface area contributed by atoms with Gasteiger partial charge in [-0.15, -0.1) is 0 Å². The number of piperidine rings is 1. The molecule has 2 bridgehead atoms. The minimum atomic E-state index is 0.348. The van der Waals surface area contributed by atoms with Crippen LogP contribution in [0.25, 0.3) is 0 Å². The Morgan fingerprint density at radius 2 is 1.79 bits per heavy atom. The zero-order chi connectivity index (χ0) is 19.5.